The van der Waals surface area contributed by atoms with Crippen molar-refractivity contribution in [3.8, 4) is 5.75 Å². The number of para-hydroxylation sites is 2. The number of rotatable bonds is 7. The standard InChI is InChI=1S/C25H20FNO3/c1-2-15-29-19-13-11-17(12-14-19)24(28)20(16-18-7-3-4-8-21(18)26)25-27-22-9-5-6-10-23(22)30-25/h3-14,16H,2,15H2,1H3/b20-16+. The lowest BCUT2D eigenvalue weighted by Gasteiger charge is -2.07. The second-order valence-corrected chi connectivity index (χ2v) is 6.77. The van der Waals surface area contributed by atoms with E-state index < -0.39 is 5.82 Å². The molecule has 0 radical (unpaired) electrons. The average Bonchev–Trinajstić information content (AvgIpc) is 3.21. The number of allylic oxidation sites excluding steroid dienone is 1. The molecule has 1 aromatic heterocycles. The molecule has 0 amide bonds. The van der Waals surface area contributed by atoms with Crippen molar-refractivity contribution in [3.05, 3.63) is 95.6 Å². The zero-order valence-electron chi connectivity index (χ0n) is 16.5. The number of benzene rings is 3. The Morgan fingerprint density at radius 2 is 1.77 bits per heavy atom. The van der Waals surface area contributed by atoms with E-state index in [0.717, 1.165) is 6.42 Å². The van der Waals surface area contributed by atoms with Crippen LogP contribution < -0.4 is 4.74 Å². The van der Waals surface area contributed by atoms with Gasteiger partial charge in [-0.15, -0.1) is 0 Å². The van der Waals surface area contributed by atoms with Gasteiger partial charge in [0.25, 0.3) is 0 Å². The molecule has 0 spiro atoms. The van der Waals surface area contributed by atoms with Crippen LogP contribution in [0.1, 0.15) is 35.2 Å². The Bertz CT molecular complexity index is 1180. The van der Waals surface area contributed by atoms with E-state index in [2.05, 4.69) is 4.98 Å². The van der Waals surface area contributed by atoms with Crippen LogP contribution in [0.4, 0.5) is 4.39 Å². The maximum atomic E-state index is 14.3. The first-order valence-electron chi connectivity index (χ1n) is 9.75. The van der Waals surface area contributed by atoms with Gasteiger partial charge in [-0.1, -0.05) is 37.3 Å². The Balaban J connectivity index is 1.77. The van der Waals surface area contributed by atoms with Crippen LogP contribution in [-0.4, -0.2) is 17.4 Å². The molecule has 0 atom stereocenters. The maximum Gasteiger partial charge on any atom is 0.231 e. The number of ketones is 1. The van der Waals surface area contributed by atoms with Crippen LogP contribution in [0.2, 0.25) is 0 Å². The van der Waals surface area contributed by atoms with Crippen molar-refractivity contribution in [1.82, 2.24) is 4.98 Å². The van der Waals surface area contributed by atoms with Gasteiger partial charge in [0.2, 0.25) is 5.89 Å². The topological polar surface area (TPSA) is 52.3 Å². The van der Waals surface area contributed by atoms with Crippen LogP contribution in [0.25, 0.3) is 22.7 Å². The number of hydrogen-bond acceptors (Lipinski definition) is 4. The fraction of sp³-hybridized carbons (Fsp3) is 0.120. The lowest BCUT2D eigenvalue weighted by molar-refractivity contribution is 0.105. The first-order chi connectivity index (χ1) is 14.7. The summed E-state index contributed by atoms with van der Waals surface area (Å²) in [5, 5.41) is 0. The van der Waals surface area contributed by atoms with Gasteiger partial charge in [0.05, 0.1) is 12.2 Å². The zero-order chi connectivity index (χ0) is 20.9. The summed E-state index contributed by atoms with van der Waals surface area (Å²) < 4.78 is 25.7. The molecule has 4 aromatic rings. The van der Waals surface area contributed by atoms with Crippen molar-refractivity contribution in [2.45, 2.75) is 13.3 Å². The Morgan fingerprint density at radius 3 is 2.50 bits per heavy atom. The molecule has 0 N–H and O–H groups in total. The van der Waals surface area contributed by atoms with Gasteiger partial charge in [-0.2, -0.15) is 0 Å². The third-order valence-corrected chi connectivity index (χ3v) is 4.56. The number of Topliss-reactive ketones (excluding diaryl/α,β-unsaturated/α-hetero) is 1. The van der Waals surface area contributed by atoms with Gasteiger partial charge in [-0.05, 0) is 55.0 Å². The van der Waals surface area contributed by atoms with E-state index in [1.165, 1.54) is 12.1 Å². The van der Waals surface area contributed by atoms with E-state index in [0.29, 0.717) is 29.0 Å². The van der Waals surface area contributed by atoms with E-state index in [4.69, 9.17) is 9.15 Å². The predicted octanol–water partition coefficient (Wildman–Crippen LogP) is 6.18. The highest BCUT2D eigenvalue weighted by Gasteiger charge is 2.21. The molecular weight excluding hydrogens is 381 g/mol. The number of carbonyl (C=O) groups excluding carboxylic acids is 1. The van der Waals surface area contributed by atoms with Gasteiger partial charge in [-0.25, -0.2) is 9.37 Å². The van der Waals surface area contributed by atoms with E-state index >= 15 is 0 Å². The van der Waals surface area contributed by atoms with Crippen LogP contribution in [0.15, 0.2) is 77.2 Å². The number of aromatic nitrogens is 1. The molecular formula is C25H20FNO3. The molecule has 0 saturated heterocycles. The first-order valence-corrected chi connectivity index (χ1v) is 9.75. The summed E-state index contributed by atoms with van der Waals surface area (Å²) in [4.78, 5) is 17.8. The molecule has 0 bridgehead atoms. The van der Waals surface area contributed by atoms with Gasteiger partial charge in [0.1, 0.15) is 17.1 Å². The molecule has 0 saturated carbocycles. The molecule has 4 rings (SSSR count). The molecule has 0 fully saturated rings. The molecule has 0 unspecified atom stereocenters. The Kier molecular flexibility index (Phi) is 5.70. The minimum Gasteiger partial charge on any atom is -0.494 e. The summed E-state index contributed by atoms with van der Waals surface area (Å²) >= 11 is 0. The van der Waals surface area contributed by atoms with Crippen molar-refractivity contribution in [1.29, 1.82) is 0 Å². The number of halogens is 1. The summed E-state index contributed by atoms with van der Waals surface area (Å²) in [5.41, 5.74) is 2.08. The lowest BCUT2D eigenvalue weighted by atomic mass is 10.0. The maximum absolute atomic E-state index is 14.3. The molecule has 5 heteroatoms. The summed E-state index contributed by atoms with van der Waals surface area (Å²) in [6.07, 6.45) is 2.37. The monoisotopic (exact) mass is 401 g/mol. The highest BCUT2D eigenvalue weighted by molar-refractivity contribution is 6.31. The van der Waals surface area contributed by atoms with Crippen LogP contribution in [0, 0.1) is 5.82 Å². The van der Waals surface area contributed by atoms with Gasteiger partial charge in [-0.3, -0.25) is 4.79 Å². The van der Waals surface area contributed by atoms with Crippen molar-refractivity contribution >= 4 is 28.5 Å². The van der Waals surface area contributed by atoms with Gasteiger partial charge < -0.3 is 9.15 Å². The molecule has 0 aliphatic heterocycles. The lowest BCUT2D eigenvalue weighted by Crippen LogP contribution is -2.04. The molecule has 0 aliphatic carbocycles. The highest BCUT2D eigenvalue weighted by Crippen LogP contribution is 2.27. The minimum absolute atomic E-state index is 0.149. The van der Waals surface area contributed by atoms with Crippen molar-refractivity contribution in [3.63, 3.8) is 0 Å². The Morgan fingerprint density at radius 1 is 1.03 bits per heavy atom. The molecule has 3 aromatic carbocycles. The largest absolute Gasteiger partial charge is 0.494 e. The smallest absolute Gasteiger partial charge is 0.231 e. The van der Waals surface area contributed by atoms with Gasteiger partial charge in [0, 0.05) is 11.1 Å². The molecule has 4 nitrogen and oxygen atoms in total. The van der Waals surface area contributed by atoms with E-state index in [1.807, 2.05) is 19.1 Å². The quantitative estimate of drug-likeness (QED) is 0.274. The molecule has 150 valence electrons. The van der Waals surface area contributed by atoms with Gasteiger partial charge >= 0.3 is 0 Å². The molecule has 30 heavy (non-hydrogen) atoms. The SMILES string of the molecule is CCCOc1ccc(C(=O)/C(=C\c2ccccc2F)c2nc3ccccc3o2)cc1. The van der Waals surface area contributed by atoms with E-state index in [9.17, 15) is 9.18 Å². The number of nitrogens with zero attached hydrogens (tertiary/aromatic N) is 1. The fourth-order valence-corrected chi connectivity index (χ4v) is 3.04. The molecule has 1 heterocycles. The zero-order valence-corrected chi connectivity index (χ0v) is 16.5. The fourth-order valence-electron chi connectivity index (χ4n) is 3.04. The number of hydrogen-bond donors (Lipinski definition) is 0. The van der Waals surface area contributed by atoms with Crippen molar-refractivity contribution in [2.75, 3.05) is 6.61 Å². The Hall–Kier alpha value is -3.73. The second-order valence-electron chi connectivity index (χ2n) is 6.77. The summed E-state index contributed by atoms with van der Waals surface area (Å²) in [7, 11) is 0. The third kappa shape index (κ3) is 4.15. The predicted molar refractivity (Wildman–Crippen MR) is 115 cm³/mol. The van der Waals surface area contributed by atoms with Crippen molar-refractivity contribution < 1.29 is 18.3 Å². The van der Waals surface area contributed by atoms with Crippen LogP contribution in [0.5, 0.6) is 5.75 Å². The number of ether oxygens (including phenoxy) is 1. The minimum atomic E-state index is -0.428. The van der Waals surface area contributed by atoms with Crippen LogP contribution in [0.3, 0.4) is 0 Å². The highest BCUT2D eigenvalue weighted by atomic mass is 19.1. The number of oxazole rings is 1. The average molecular weight is 401 g/mol. The van der Waals surface area contributed by atoms with E-state index in [-0.39, 0.29) is 22.8 Å². The summed E-state index contributed by atoms with van der Waals surface area (Å²) in [6.45, 7) is 2.63. The molecule has 0 aliphatic rings. The Labute approximate surface area is 173 Å². The van der Waals surface area contributed by atoms with Crippen molar-refractivity contribution in [2.24, 2.45) is 0 Å². The third-order valence-electron chi connectivity index (χ3n) is 4.56. The normalized spacial score (nSPS) is 11.6. The first kappa shape index (κ1) is 19.6. The summed E-state index contributed by atoms with van der Waals surface area (Å²) in [5.74, 6) is 0.0970. The van der Waals surface area contributed by atoms with Crippen LogP contribution >= 0.6 is 0 Å². The number of fused-ring (bicyclic) bond motifs is 1. The van der Waals surface area contributed by atoms with Crippen LogP contribution in [-0.2, 0) is 0 Å². The number of carbonyl (C=O) groups is 1. The second kappa shape index (κ2) is 8.74. The summed E-state index contributed by atoms with van der Waals surface area (Å²) in [6, 6.07) is 20.4. The van der Waals surface area contributed by atoms with E-state index in [1.54, 1.807) is 54.6 Å². The van der Waals surface area contributed by atoms with Gasteiger partial charge in [0.15, 0.2) is 11.4 Å².